The predicted molar refractivity (Wildman–Crippen MR) is 171 cm³/mol. The quantitative estimate of drug-likeness (QED) is 0.0992. The molecule has 2 aromatic carbocycles. The Kier molecular flexibility index (Phi) is 11.5. The van der Waals surface area contributed by atoms with Gasteiger partial charge in [0.1, 0.15) is 89.3 Å². The fraction of sp³-hybridized carbons (Fsp3) is 0.545. The number of aliphatic hydroxyl groups is 10. The van der Waals surface area contributed by atoms with E-state index in [0.717, 1.165) is 24.3 Å². The molecule has 3 aromatic rings. The van der Waals surface area contributed by atoms with Crippen molar-refractivity contribution in [2.24, 2.45) is 0 Å². The number of aliphatic hydroxyl groups excluding tert-OH is 10. The number of aromatic hydroxyl groups is 2. The first kappa shape index (κ1) is 39.0. The molecule has 0 aliphatic carbocycles. The number of ether oxygens (including phenoxy) is 6. The maximum absolute atomic E-state index is 13.1. The first-order valence-electron chi connectivity index (χ1n) is 16.4. The Morgan fingerprint density at radius 2 is 1.26 bits per heavy atom. The molecule has 4 heterocycles. The van der Waals surface area contributed by atoms with Crippen LogP contribution in [0.5, 0.6) is 23.0 Å². The molecule has 3 aliphatic rings. The Labute approximate surface area is 298 Å². The highest BCUT2D eigenvalue weighted by atomic mass is 16.8. The summed E-state index contributed by atoms with van der Waals surface area (Å²) in [4.78, 5) is 13.1. The van der Waals surface area contributed by atoms with Crippen molar-refractivity contribution < 1.29 is 94.1 Å². The van der Waals surface area contributed by atoms with Crippen LogP contribution in [0.3, 0.4) is 0 Å². The Morgan fingerprint density at radius 3 is 1.92 bits per heavy atom. The summed E-state index contributed by atoms with van der Waals surface area (Å²) in [6.07, 6.45) is -24.0. The maximum Gasteiger partial charge on any atom is 0.229 e. The van der Waals surface area contributed by atoms with Crippen LogP contribution in [0.15, 0.2) is 45.6 Å². The third-order valence-corrected chi connectivity index (χ3v) is 9.29. The molecule has 292 valence electrons. The minimum Gasteiger partial charge on any atom is -0.507 e. The first-order valence-corrected chi connectivity index (χ1v) is 16.4. The number of hydrogen-bond donors (Lipinski definition) is 12. The topological polar surface area (TPSA) is 328 Å². The van der Waals surface area contributed by atoms with E-state index in [4.69, 9.17) is 32.8 Å². The van der Waals surface area contributed by atoms with Crippen LogP contribution >= 0.6 is 0 Å². The van der Waals surface area contributed by atoms with Gasteiger partial charge in [-0.2, -0.15) is 0 Å². The van der Waals surface area contributed by atoms with E-state index >= 15 is 0 Å². The third-order valence-electron chi connectivity index (χ3n) is 9.29. The number of benzene rings is 2. The van der Waals surface area contributed by atoms with Gasteiger partial charge in [-0.15, -0.1) is 0 Å². The van der Waals surface area contributed by atoms with Crippen molar-refractivity contribution in [1.29, 1.82) is 0 Å². The Balaban J connectivity index is 1.26. The molecule has 3 saturated heterocycles. The molecule has 0 bridgehead atoms. The zero-order valence-corrected chi connectivity index (χ0v) is 27.7. The molecule has 20 nitrogen and oxygen atoms in total. The molecule has 0 saturated carbocycles. The molecule has 0 spiro atoms. The van der Waals surface area contributed by atoms with Gasteiger partial charge in [0.2, 0.25) is 12.6 Å². The average molecular weight is 757 g/mol. The number of phenols is 2. The van der Waals surface area contributed by atoms with Gasteiger partial charge in [-0.3, -0.25) is 4.79 Å². The molecule has 3 fully saturated rings. The summed E-state index contributed by atoms with van der Waals surface area (Å²) >= 11 is 0. The van der Waals surface area contributed by atoms with E-state index in [2.05, 4.69) is 0 Å². The van der Waals surface area contributed by atoms with Crippen molar-refractivity contribution in [3.05, 3.63) is 46.6 Å². The van der Waals surface area contributed by atoms with Crippen LogP contribution in [-0.4, -0.2) is 167 Å². The van der Waals surface area contributed by atoms with Crippen LogP contribution in [0.25, 0.3) is 22.3 Å². The zero-order chi connectivity index (χ0) is 38.5. The number of rotatable bonds is 9. The molecule has 0 unspecified atom stereocenters. The molecule has 53 heavy (non-hydrogen) atoms. The number of phenolic OH excluding ortho intramolecular Hbond substituents is 2. The van der Waals surface area contributed by atoms with Gasteiger partial charge in [0.05, 0.1) is 19.3 Å². The van der Waals surface area contributed by atoms with E-state index < -0.39 is 122 Å². The lowest BCUT2D eigenvalue weighted by Crippen LogP contribution is -2.64. The fourth-order valence-electron chi connectivity index (χ4n) is 6.22. The van der Waals surface area contributed by atoms with Gasteiger partial charge in [-0.05, 0) is 25.1 Å². The van der Waals surface area contributed by atoms with Gasteiger partial charge in [0.25, 0.3) is 0 Å². The molecular weight excluding hydrogens is 716 g/mol. The number of hydrogen-bond acceptors (Lipinski definition) is 20. The van der Waals surface area contributed by atoms with Crippen molar-refractivity contribution in [3.63, 3.8) is 0 Å². The zero-order valence-electron chi connectivity index (χ0n) is 27.7. The van der Waals surface area contributed by atoms with Crippen molar-refractivity contribution in [2.45, 2.75) is 99.0 Å². The van der Waals surface area contributed by atoms with Crippen molar-refractivity contribution in [2.75, 3.05) is 13.2 Å². The summed E-state index contributed by atoms with van der Waals surface area (Å²) in [7, 11) is 0. The molecule has 15 atom stereocenters. The summed E-state index contributed by atoms with van der Waals surface area (Å²) in [5, 5.41) is 123. The SMILES string of the molecule is C[C@@H]1O[C@@H](O[C@H]2[C@H](Oc3cc(O)c4c(=O)cc(-c5ccc(O[C@@H]6O[C@H](CO)[C@@H](O)[C@H](O)[C@H]6O)c(O)c5)oc4c3)O[C@H](CO)[C@@H](O)[C@@H]2O)[C@H](O)[C@H](O)[C@H]1O. The molecule has 0 radical (unpaired) electrons. The molecular formula is C33H40O20. The van der Waals surface area contributed by atoms with Crippen molar-refractivity contribution in [1.82, 2.24) is 0 Å². The first-order chi connectivity index (χ1) is 25.1. The van der Waals surface area contributed by atoms with Crippen LogP contribution < -0.4 is 14.9 Å². The van der Waals surface area contributed by atoms with E-state index in [1.807, 2.05) is 0 Å². The standard InChI is InChI=1S/C33H40O20/c1-10-22(39)25(42)28(45)31(47-10)53-30-27(44)24(41)20(9-35)52-33(30)48-12-5-14(37)21-15(38)7-17(49-18(21)6-12)11-2-3-16(13(36)4-11)50-32-29(46)26(43)23(40)19(8-34)51-32/h2-7,10,19-20,22-37,39-46H,8-9H2,1H3/t10-,19+,20+,22-,23+,24+,25+,26-,27-,28+,29+,30+,31-,32+,33+/m0/s1. The third kappa shape index (κ3) is 7.52. The normalized spacial score (nSPS) is 37.8. The van der Waals surface area contributed by atoms with Gasteiger partial charge < -0.3 is 94.1 Å². The van der Waals surface area contributed by atoms with Crippen LogP contribution in [0.1, 0.15) is 6.92 Å². The van der Waals surface area contributed by atoms with E-state index in [1.165, 1.54) is 19.1 Å². The molecule has 3 aliphatic heterocycles. The second-order valence-corrected chi connectivity index (χ2v) is 12.9. The van der Waals surface area contributed by atoms with E-state index in [0.29, 0.717) is 0 Å². The molecule has 1 aromatic heterocycles. The van der Waals surface area contributed by atoms with Gasteiger partial charge in [0.15, 0.2) is 29.3 Å². The van der Waals surface area contributed by atoms with Crippen LogP contribution in [-0.2, 0) is 18.9 Å². The highest BCUT2D eigenvalue weighted by Gasteiger charge is 2.51. The Bertz CT molecular complexity index is 1800. The highest BCUT2D eigenvalue weighted by molar-refractivity contribution is 5.86. The smallest absolute Gasteiger partial charge is 0.229 e. The second-order valence-electron chi connectivity index (χ2n) is 12.9. The lowest BCUT2D eigenvalue weighted by molar-refractivity contribution is -0.354. The average Bonchev–Trinajstić information content (AvgIpc) is 3.12. The van der Waals surface area contributed by atoms with E-state index in [-0.39, 0.29) is 33.8 Å². The van der Waals surface area contributed by atoms with Gasteiger partial charge in [-0.1, -0.05) is 0 Å². The van der Waals surface area contributed by atoms with Crippen LogP contribution in [0.2, 0.25) is 0 Å². The summed E-state index contributed by atoms with van der Waals surface area (Å²) < 4.78 is 39.3. The lowest BCUT2D eigenvalue weighted by Gasteiger charge is -2.45. The lowest BCUT2D eigenvalue weighted by atomic mass is 9.97. The van der Waals surface area contributed by atoms with Crippen molar-refractivity contribution >= 4 is 11.0 Å². The molecule has 12 N–H and O–H groups in total. The summed E-state index contributed by atoms with van der Waals surface area (Å²) in [6.45, 7) is -0.0943. The van der Waals surface area contributed by atoms with Crippen molar-refractivity contribution in [3.8, 4) is 34.3 Å². The summed E-state index contributed by atoms with van der Waals surface area (Å²) in [5.41, 5.74) is -0.847. The Hall–Kier alpha value is -3.71. The summed E-state index contributed by atoms with van der Waals surface area (Å²) in [6, 6.07) is 6.89. The molecule has 6 rings (SSSR count). The van der Waals surface area contributed by atoms with Crippen LogP contribution in [0, 0.1) is 0 Å². The molecule has 0 amide bonds. The monoisotopic (exact) mass is 756 g/mol. The van der Waals surface area contributed by atoms with E-state index in [9.17, 15) is 66.1 Å². The maximum atomic E-state index is 13.1. The fourth-order valence-corrected chi connectivity index (χ4v) is 6.22. The van der Waals surface area contributed by atoms with Gasteiger partial charge >= 0.3 is 0 Å². The minimum absolute atomic E-state index is 0.119. The predicted octanol–water partition coefficient (Wildman–Crippen LogP) is -3.92. The minimum atomic E-state index is -1.83. The van der Waals surface area contributed by atoms with Gasteiger partial charge in [0, 0.05) is 23.8 Å². The Morgan fingerprint density at radius 1 is 0.642 bits per heavy atom. The summed E-state index contributed by atoms with van der Waals surface area (Å²) in [5.74, 6) is -1.77. The largest absolute Gasteiger partial charge is 0.507 e. The van der Waals surface area contributed by atoms with E-state index in [1.54, 1.807) is 0 Å². The second kappa shape index (κ2) is 15.6. The molecule has 20 heteroatoms. The number of fused-ring (bicyclic) bond motifs is 1. The highest BCUT2D eigenvalue weighted by Crippen LogP contribution is 2.37. The van der Waals surface area contributed by atoms with Crippen LogP contribution in [0.4, 0.5) is 0 Å². The van der Waals surface area contributed by atoms with Gasteiger partial charge in [-0.25, -0.2) is 0 Å².